The molecule has 0 aromatic heterocycles. The number of carboxylic acid groups (broad SMARTS) is 1. The van der Waals surface area contributed by atoms with E-state index in [0.717, 1.165) is 6.07 Å². The highest BCUT2D eigenvalue weighted by molar-refractivity contribution is 14.1. The second kappa shape index (κ2) is 3.26. The lowest BCUT2D eigenvalue weighted by molar-refractivity contribution is 0.0696. The molecular formula is C7H4FIO3. The normalized spacial score (nSPS) is 9.83. The van der Waals surface area contributed by atoms with Gasteiger partial charge in [-0.1, -0.05) is 0 Å². The molecule has 0 spiro atoms. The number of phenolic OH excluding ortho intramolecular Hbond substituents is 1. The molecule has 0 aliphatic heterocycles. The summed E-state index contributed by atoms with van der Waals surface area (Å²) in [6.07, 6.45) is 0. The van der Waals surface area contributed by atoms with Gasteiger partial charge in [-0.05, 0) is 34.7 Å². The van der Waals surface area contributed by atoms with Crippen LogP contribution in [0.5, 0.6) is 5.75 Å². The Labute approximate surface area is 81.0 Å². The number of phenols is 1. The number of hydrogen-bond acceptors (Lipinski definition) is 2. The summed E-state index contributed by atoms with van der Waals surface area (Å²) in [6.45, 7) is 0. The predicted octanol–water partition coefficient (Wildman–Crippen LogP) is 1.83. The summed E-state index contributed by atoms with van der Waals surface area (Å²) in [6, 6.07) is 1.97. The molecule has 1 aromatic carbocycles. The summed E-state index contributed by atoms with van der Waals surface area (Å²) < 4.78 is 12.9. The minimum absolute atomic E-state index is 0.172. The molecule has 0 amide bonds. The van der Waals surface area contributed by atoms with Crippen molar-refractivity contribution in [1.82, 2.24) is 0 Å². The van der Waals surface area contributed by atoms with Gasteiger partial charge in [0.2, 0.25) is 0 Å². The van der Waals surface area contributed by atoms with Crippen LogP contribution in [-0.2, 0) is 0 Å². The highest BCUT2D eigenvalue weighted by Crippen LogP contribution is 2.24. The number of aromatic carboxylic acids is 1. The van der Waals surface area contributed by atoms with Crippen molar-refractivity contribution in [3.8, 4) is 5.75 Å². The van der Waals surface area contributed by atoms with E-state index < -0.39 is 17.5 Å². The summed E-state index contributed by atoms with van der Waals surface area (Å²) in [5.74, 6) is -2.65. The molecule has 1 aromatic rings. The maximum atomic E-state index is 12.7. The van der Waals surface area contributed by atoms with Crippen LogP contribution in [0, 0.1) is 9.39 Å². The van der Waals surface area contributed by atoms with Crippen LogP contribution in [0.15, 0.2) is 12.1 Å². The van der Waals surface area contributed by atoms with E-state index in [1.807, 2.05) is 0 Å². The van der Waals surface area contributed by atoms with Crippen molar-refractivity contribution in [3.05, 3.63) is 27.1 Å². The summed E-state index contributed by atoms with van der Waals surface area (Å²) >= 11 is 1.66. The Morgan fingerprint density at radius 2 is 2.08 bits per heavy atom. The molecule has 5 heteroatoms. The van der Waals surface area contributed by atoms with Crippen LogP contribution < -0.4 is 0 Å². The first-order chi connectivity index (χ1) is 5.52. The number of aromatic hydroxyl groups is 1. The third-order valence-corrected chi connectivity index (χ3v) is 2.09. The topological polar surface area (TPSA) is 57.5 Å². The molecule has 0 aliphatic rings. The zero-order chi connectivity index (χ0) is 9.30. The molecular weight excluding hydrogens is 278 g/mol. The molecule has 2 N–H and O–H groups in total. The molecule has 64 valence electrons. The summed E-state index contributed by atoms with van der Waals surface area (Å²) in [4.78, 5) is 10.4. The van der Waals surface area contributed by atoms with Crippen molar-refractivity contribution in [2.45, 2.75) is 0 Å². The molecule has 0 fully saturated rings. The lowest BCUT2D eigenvalue weighted by Gasteiger charge is -2.00. The van der Waals surface area contributed by atoms with Gasteiger partial charge < -0.3 is 10.2 Å². The van der Waals surface area contributed by atoms with Gasteiger partial charge in [0.15, 0.2) is 11.6 Å². The van der Waals surface area contributed by atoms with Crippen LogP contribution in [-0.4, -0.2) is 16.2 Å². The van der Waals surface area contributed by atoms with Crippen molar-refractivity contribution >= 4 is 28.6 Å². The smallest absolute Gasteiger partial charge is 0.335 e. The second-order valence-corrected chi connectivity index (χ2v) is 3.26. The Bertz CT molecular complexity index is 314. The third-order valence-electron chi connectivity index (χ3n) is 1.26. The van der Waals surface area contributed by atoms with Crippen LogP contribution in [0.3, 0.4) is 0 Å². The number of rotatable bonds is 1. The quantitative estimate of drug-likeness (QED) is 0.773. The van der Waals surface area contributed by atoms with Crippen molar-refractivity contribution in [1.29, 1.82) is 0 Å². The van der Waals surface area contributed by atoms with E-state index in [2.05, 4.69) is 0 Å². The molecule has 3 nitrogen and oxygen atoms in total. The largest absolute Gasteiger partial charge is 0.504 e. The molecule has 0 radical (unpaired) electrons. The fraction of sp³-hybridized carbons (Fsp3) is 0. The first-order valence-electron chi connectivity index (χ1n) is 2.93. The molecule has 0 heterocycles. The van der Waals surface area contributed by atoms with E-state index in [9.17, 15) is 9.18 Å². The molecule has 0 unspecified atom stereocenters. The van der Waals surface area contributed by atoms with E-state index in [0.29, 0.717) is 0 Å². The van der Waals surface area contributed by atoms with Crippen molar-refractivity contribution in [2.75, 3.05) is 0 Å². The van der Waals surface area contributed by atoms with Gasteiger partial charge in [0, 0.05) is 0 Å². The Morgan fingerprint density at radius 1 is 1.50 bits per heavy atom. The first-order valence-corrected chi connectivity index (χ1v) is 4.01. The van der Waals surface area contributed by atoms with E-state index in [-0.39, 0.29) is 9.13 Å². The highest BCUT2D eigenvalue weighted by atomic mass is 127. The van der Waals surface area contributed by atoms with Crippen molar-refractivity contribution in [3.63, 3.8) is 0 Å². The maximum absolute atomic E-state index is 12.7. The molecule has 0 saturated heterocycles. The standard InChI is InChI=1S/C7H4FIO3/c8-4-1-3(7(11)12)2-5(9)6(4)10/h1-2,10H,(H,11,12). The summed E-state index contributed by atoms with van der Waals surface area (Å²) in [7, 11) is 0. The van der Waals surface area contributed by atoms with Gasteiger partial charge in [-0.3, -0.25) is 0 Å². The summed E-state index contributed by atoms with van der Waals surface area (Å²) in [5.41, 5.74) is -0.172. The van der Waals surface area contributed by atoms with Crippen LogP contribution in [0.25, 0.3) is 0 Å². The van der Waals surface area contributed by atoms with E-state index in [4.69, 9.17) is 10.2 Å². The minimum atomic E-state index is -1.22. The number of benzene rings is 1. The molecule has 1 rings (SSSR count). The second-order valence-electron chi connectivity index (χ2n) is 2.09. The van der Waals surface area contributed by atoms with Crippen LogP contribution >= 0.6 is 22.6 Å². The van der Waals surface area contributed by atoms with E-state index >= 15 is 0 Å². The third kappa shape index (κ3) is 1.66. The Morgan fingerprint density at radius 3 is 2.50 bits per heavy atom. The Kier molecular flexibility index (Phi) is 2.51. The van der Waals surface area contributed by atoms with Crippen molar-refractivity contribution < 1.29 is 19.4 Å². The molecule has 0 saturated carbocycles. The van der Waals surface area contributed by atoms with Gasteiger partial charge in [-0.15, -0.1) is 0 Å². The Balaban J connectivity index is 3.31. The molecule has 0 atom stereocenters. The number of halogens is 2. The summed E-state index contributed by atoms with van der Waals surface area (Å²) in [5, 5.41) is 17.4. The van der Waals surface area contributed by atoms with Gasteiger partial charge in [-0.25, -0.2) is 9.18 Å². The lowest BCUT2D eigenvalue weighted by Crippen LogP contribution is -1.97. The van der Waals surface area contributed by atoms with Crippen LogP contribution in [0.2, 0.25) is 0 Å². The first kappa shape index (κ1) is 9.24. The van der Waals surface area contributed by atoms with E-state index in [1.54, 1.807) is 22.6 Å². The number of hydrogen-bond donors (Lipinski definition) is 2. The van der Waals surface area contributed by atoms with E-state index in [1.165, 1.54) is 6.07 Å². The van der Waals surface area contributed by atoms with Crippen LogP contribution in [0.1, 0.15) is 10.4 Å². The molecule has 0 aliphatic carbocycles. The zero-order valence-electron chi connectivity index (χ0n) is 5.71. The maximum Gasteiger partial charge on any atom is 0.335 e. The monoisotopic (exact) mass is 282 g/mol. The van der Waals surface area contributed by atoms with Gasteiger partial charge in [0.25, 0.3) is 0 Å². The molecule has 0 bridgehead atoms. The van der Waals surface area contributed by atoms with Crippen LogP contribution in [0.4, 0.5) is 4.39 Å². The molecule has 12 heavy (non-hydrogen) atoms. The number of carboxylic acids is 1. The minimum Gasteiger partial charge on any atom is -0.504 e. The Hall–Kier alpha value is -0.850. The van der Waals surface area contributed by atoms with Gasteiger partial charge in [0.1, 0.15) is 0 Å². The van der Waals surface area contributed by atoms with Gasteiger partial charge in [-0.2, -0.15) is 0 Å². The van der Waals surface area contributed by atoms with Crippen molar-refractivity contribution in [2.24, 2.45) is 0 Å². The zero-order valence-corrected chi connectivity index (χ0v) is 7.87. The SMILES string of the molecule is O=C(O)c1cc(F)c(O)c(I)c1. The van der Waals surface area contributed by atoms with Gasteiger partial charge in [0.05, 0.1) is 9.13 Å². The predicted molar refractivity (Wildman–Crippen MR) is 47.7 cm³/mol. The highest BCUT2D eigenvalue weighted by Gasteiger charge is 2.11. The lowest BCUT2D eigenvalue weighted by atomic mass is 10.2. The average Bonchev–Trinajstić information content (AvgIpc) is 1.99. The fourth-order valence-electron chi connectivity index (χ4n) is 0.689. The van der Waals surface area contributed by atoms with Gasteiger partial charge >= 0.3 is 5.97 Å². The fourth-order valence-corrected chi connectivity index (χ4v) is 1.28. The average molecular weight is 282 g/mol. The number of carbonyl (C=O) groups is 1.